The molecular weight excluding hydrogens is 296 g/mol. The van der Waals surface area contributed by atoms with E-state index < -0.39 is 0 Å². The van der Waals surface area contributed by atoms with Crippen molar-refractivity contribution in [1.29, 1.82) is 0 Å². The summed E-state index contributed by atoms with van der Waals surface area (Å²) in [5, 5.41) is 10.5. The summed E-state index contributed by atoms with van der Waals surface area (Å²) in [7, 11) is 0. The van der Waals surface area contributed by atoms with Crippen molar-refractivity contribution in [1.82, 2.24) is 0 Å². The van der Waals surface area contributed by atoms with Gasteiger partial charge in [-0.05, 0) is 59.5 Å². The molecule has 0 aromatic carbocycles. The van der Waals surface area contributed by atoms with Crippen LogP contribution in [0.5, 0.6) is 0 Å². The third-order valence-corrected chi connectivity index (χ3v) is 6.46. The summed E-state index contributed by atoms with van der Waals surface area (Å²) in [6, 6.07) is 2.09. The van der Waals surface area contributed by atoms with E-state index in [1.54, 1.807) is 11.3 Å². The molecule has 17 heavy (non-hydrogen) atoms. The zero-order valence-electron chi connectivity index (χ0n) is 10.7. The van der Waals surface area contributed by atoms with Crippen LogP contribution in [0.3, 0.4) is 0 Å². The van der Waals surface area contributed by atoms with Gasteiger partial charge in [-0.1, -0.05) is 20.3 Å². The van der Waals surface area contributed by atoms with Crippen molar-refractivity contribution in [3.63, 3.8) is 0 Å². The Morgan fingerprint density at radius 3 is 2.59 bits per heavy atom. The number of hydrogen-bond donors (Lipinski definition) is 1. The standard InChI is InChI=1S/C14H21BrOS/c1-8-4-5-11(6-9(8)2)14(16)13-7-12(15)10(3)17-13/h7-9,11,14,16H,4-6H2,1-3H3. The van der Waals surface area contributed by atoms with Crippen LogP contribution in [0, 0.1) is 24.7 Å². The fourth-order valence-electron chi connectivity index (χ4n) is 2.74. The number of thiophene rings is 1. The molecule has 2 rings (SSSR count). The number of hydrogen-bond acceptors (Lipinski definition) is 2. The second kappa shape index (κ2) is 5.41. The molecule has 0 radical (unpaired) electrons. The van der Waals surface area contributed by atoms with Gasteiger partial charge in [-0.3, -0.25) is 0 Å². The van der Waals surface area contributed by atoms with Gasteiger partial charge in [0.05, 0.1) is 6.10 Å². The van der Waals surface area contributed by atoms with E-state index in [-0.39, 0.29) is 6.10 Å². The third-order valence-electron chi connectivity index (χ3n) is 4.25. The normalized spacial score (nSPS) is 31.5. The number of aliphatic hydroxyl groups excluding tert-OH is 1. The highest BCUT2D eigenvalue weighted by Crippen LogP contribution is 2.42. The van der Waals surface area contributed by atoms with Crippen LogP contribution in [0.1, 0.15) is 49.0 Å². The fourth-order valence-corrected chi connectivity index (χ4v) is 4.38. The molecule has 1 aliphatic rings. The highest BCUT2D eigenvalue weighted by Gasteiger charge is 2.30. The second-order valence-electron chi connectivity index (χ2n) is 5.53. The molecule has 1 nitrogen and oxygen atoms in total. The van der Waals surface area contributed by atoms with E-state index in [2.05, 4.69) is 42.8 Å². The largest absolute Gasteiger partial charge is 0.387 e. The highest BCUT2D eigenvalue weighted by atomic mass is 79.9. The van der Waals surface area contributed by atoms with Gasteiger partial charge in [0.2, 0.25) is 0 Å². The van der Waals surface area contributed by atoms with Gasteiger partial charge in [-0.25, -0.2) is 0 Å². The highest BCUT2D eigenvalue weighted by molar-refractivity contribution is 9.10. The van der Waals surface area contributed by atoms with Gasteiger partial charge < -0.3 is 5.11 Å². The average molecular weight is 317 g/mol. The maximum atomic E-state index is 10.5. The molecule has 1 aromatic rings. The molecule has 1 aliphatic carbocycles. The lowest BCUT2D eigenvalue weighted by molar-refractivity contribution is 0.0585. The summed E-state index contributed by atoms with van der Waals surface area (Å²) in [5.41, 5.74) is 0. The van der Waals surface area contributed by atoms with Gasteiger partial charge in [0, 0.05) is 14.2 Å². The number of aryl methyl sites for hydroxylation is 1. The first-order valence-electron chi connectivity index (χ1n) is 6.43. The lowest BCUT2D eigenvalue weighted by Crippen LogP contribution is -2.24. The molecule has 1 aromatic heterocycles. The van der Waals surface area contributed by atoms with Gasteiger partial charge in [0.1, 0.15) is 0 Å². The fraction of sp³-hybridized carbons (Fsp3) is 0.714. The van der Waals surface area contributed by atoms with Crippen molar-refractivity contribution in [3.8, 4) is 0 Å². The van der Waals surface area contributed by atoms with Crippen LogP contribution in [-0.4, -0.2) is 5.11 Å². The number of rotatable bonds is 2. The van der Waals surface area contributed by atoms with E-state index in [9.17, 15) is 5.11 Å². The minimum Gasteiger partial charge on any atom is -0.387 e. The molecule has 1 N–H and O–H groups in total. The van der Waals surface area contributed by atoms with Crippen LogP contribution in [0.15, 0.2) is 10.5 Å². The Labute approximate surface area is 116 Å². The van der Waals surface area contributed by atoms with Crippen molar-refractivity contribution in [2.45, 2.75) is 46.1 Å². The van der Waals surface area contributed by atoms with Gasteiger partial charge in [-0.2, -0.15) is 0 Å². The van der Waals surface area contributed by atoms with E-state index >= 15 is 0 Å². The van der Waals surface area contributed by atoms with Gasteiger partial charge in [0.25, 0.3) is 0 Å². The lowest BCUT2D eigenvalue weighted by atomic mass is 9.74. The van der Waals surface area contributed by atoms with Crippen molar-refractivity contribution < 1.29 is 5.11 Å². The summed E-state index contributed by atoms with van der Waals surface area (Å²) in [4.78, 5) is 2.39. The maximum Gasteiger partial charge on any atom is 0.0910 e. The van der Waals surface area contributed by atoms with Crippen molar-refractivity contribution in [2.24, 2.45) is 17.8 Å². The molecule has 4 unspecified atom stereocenters. The summed E-state index contributed by atoms with van der Waals surface area (Å²) >= 11 is 5.25. The predicted octanol–water partition coefficient (Wildman–Crippen LogP) is 4.92. The smallest absolute Gasteiger partial charge is 0.0910 e. The molecule has 4 atom stereocenters. The molecule has 1 saturated carbocycles. The number of aliphatic hydroxyl groups is 1. The van der Waals surface area contributed by atoms with Crippen molar-refractivity contribution in [2.75, 3.05) is 0 Å². The van der Waals surface area contributed by atoms with Crippen LogP contribution in [0.4, 0.5) is 0 Å². The molecule has 0 bridgehead atoms. The Hall–Kier alpha value is 0.140. The van der Waals surface area contributed by atoms with Crippen LogP contribution < -0.4 is 0 Å². The first-order chi connectivity index (χ1) is 7.99. The van der Waals surface area contributed by atoms with Crippen LogP contribution >= 0.6 is 27.3 Å². The lowest BCUT2D eigenvalue weighted by Gasteiger charge is -2.34. The first kappa shape index (κ1) is 13.6. The molecule has 96 valence electrons. The Balaban J connectivity index is 2.07. The molecular formula is C14H21BrOS. The Bertz CT molecular complexity index is 368. The minimum atomic E-state index is -0.264. The summed E-state index contributed by atoms with van der Waals surface area (Å²) in [6.45, 7) is 6.74. The second-order valence-corrected chi connectivity index (χ2v) is 7.67. The zero-order valence-corrected chi connectivity index (χ0v) is 13.1. The van der Waals surface area contributed by atoms with Gasteiger partial charge in [0.15, 0.2) is 0 Å². The van der Waals surface area contributed by atoms with E-state index in [0.29, 0.717) is 5.92 Å². The zero-order chi connectivity index (χ0) is 12.6. The van der Waals surface area contributed by atoms with Gasteiger partial charge in [-0.15, -0.1) is 11.3 Å². The summed E-state index contributed by atoms with van der Waals surface area (Å²) in [6.07, 6.45) is 3.33. The minimum absolute atomic E-state index is 0.264. The maximum absolute atomic E-state index is 10.5. The van der Waals surface area contributed by atoms with E-state index in [0.717, 1.165) is 27.6 Å². The SMILES string of the molecule is Cc1sc(C(O)C2CCC(C)C(C)C2)cc1Br. The Kier molecular flexibility index (Phi) is 4.32. The third kappa shape index (κ3) is 2.94. The Morgan fingerprint density at radius 2 is 2.06 bits per heavy atom. The van der Waals surface area contributed by atoms with Crippen LogP contribution in [0.25, 0.3) is 0 Å². The Morgan fingerprint density at radius 1 is 1.35 bits per heavy atom. The van der Waals surface area contributed by atoms with E-state index in [4.69, 9.17) is 0 Å². The molecule has 0 aliphatic heterocycles. The molecule has 0 saturated heterocycles. The predicted molar refractivity (Wildman–Crippen MR) is 77.4 cm³/mol. The van der Waals surface area contributed by atoms with Crippen LogP contribution in [0.2, 0.25) is 0 Å². The van der Waals surface area contributed by atoms with Crippen molar-refractivity contribution >= 4 is 27.3 Å². The van der Waals surface area contributed by atoms with E-state index in [1.807, 2.05) is 0 Å². The average Bonchev–Trinajstić information content (AvgIpc) is 2.62. The number of halogens is 1. The molecule has 1 heterocycles. The topological polar surface area (TPSA) is 20.2 Å². The summed E-state index contributed by atoms with van der Waals surface area (Å²) in [5.74, 6) is 2.01. The van der Waals surface area contributed by atoms with Crippen LogP contribution in [-0.2, 0) is 0 Å². The first-order valence-corrected chi connectivity index (χ1v) is 8.04. The molecule has 3 heteroatoms. The van der Waals surface area contributed by atoms with Gasteiger partial charge >= 0.3 is 0 Å². The quantitative estimate of drug-likeness (QED) is 0.820. The van der Waals surface area contributed by atoms with Crippen molar-refractivity contribution in [3.05, 3.63) is 20.3 Å². The molecule has 0 spiro atoms. The molecule has 0 amide bonds. The molecule has 1 fully saturated rings. The summed E-state index contributed by atoms with van der Waals surface area (Å²) < 4.78 is 1.13. The van der Waals surface area contributed by atoms with E-state index in [1.165, 1.54) is 17.7 Å². The monoisotopic (exact) mass is 316 g/mol.